The van der Waals surface area contributed by atoms with Crippen molar-refractivity contribution < 1.29 is 9.72 Å². The van der Waals surface area contributed by atoms with Crippen LogP contribution in [0, 0.1) is 10.1 Å². The van der Waals surface area contributed by atoms with E-state index < -0.39 is 4.92 Å². The summed E-state index contributed by atoms with van der Waals surface area (Å²) in [5.74, 6) is 0. The molecular weight excluding hydrogens is 220 g/mol. The van der Waals surface area contributed by atoms with Crippen LogP contribution in [0.5, 0.6) is 0 Å². The van der Waals surface area contributed by atoms with E-state index in [-0.39, 0.29) is 5.69 Å². The van der Waals surface area contributed by atoms with Gasteiger partial charge >= 0.3 is 0 Å². The van der Waals surface area contributed by atoms with Crippen LogP contribution in [0.2, 0.25) is 0 Å². The molecule has 0 spiro atoms. The second kappa shape index (κ2) is 4.95. The Morgan fingerprint density at radius 1 is 1.24 bits per heavy atom. The fourth-order valence-corrected chi connectivity index (χ4v) is 2.16. The Morgan fingerprint density at radius 2 is 1.94 bits per heavy atom. The summed E-state index contributed by atoms with van der Waals surface area (Å²) in [7, 11) is 0. The number of nitrogens with zero attached hydrogens (tertiary/aromatic N) is 2. The second-order valence-corrected chi connectivity index (χ2v) is 4.17. The standard InChI is InChI=1S/C12H14N2O3/c15-9-10-4-5-11(14(16)17)12(8-10)13-6-2-1-3-7-13/h4-5,8-9H,1-3,6-7H2. The van der Waals surface area contributed by atoms with Crippen LogP contribution in [-0.4, -0.2) is 24.3 Å². The first-order valence-electron chi connectivity index (χ1n) is 5.71. The molecule has 0 aliphatic carbocycles. The number of aldehydes is 1. The zero-order valence-corrected chi connectivity index (χ0v) is 9.46. The molecule has 1 aromatic carbocycles. The van der Waals surface area contributed by atoms with Gasteiger partial charge in [-0.3, -0.25) is 14.9 Å². The maximum Gasteiger partial charge on any atom is 0.292 e. The van der Waals surface area contributed by atoms with E-state index in [9.17, 15) is 14.9 Å². The molecule has 0 unspecified atom stereocenters. The summed E-state index contributed by atoms with van der Waals surface area (Å²) in [6, 6.07) is 4.50. The largest absolute Gasteiger partial charge is 0.366 e. The number of rotatable bonds is 3. The Kier molecular flexibility index (Phi) is 3.37. The van der Waals surface area contributed by atoms with Crippen LogP contribution >= 0.6 is 0 Å². The van der Waals surface area contributed by atoms with Crippen molar-refractivity contribution in [1.82, 2.24) is 0 Å². The second-order valence-electron chi connectivity index (χ2n) is 4.17. The third-order valence-electron chi connectivity index (χ3n) is 3.03. The van der Waals surface area contributed by atoms with E-state index in [1.54, 1.807) is 6.07 Å². The van der Waals surface area contributed by atoms with Crippen LogP contribution in [0.15, 0.2) is 18.2 Å². The van der Waals surface area contributed by atoms with E-state index in [1.165, 1.54) is 12.1 Å². The van der Waals surface area contributed by atoms with Gasteiger partial charge in [0.15, 0.2) is 0 Å². The summed E-state index contributed by atoms with van der Waals surface area (Å²) in [4.78, 5) is 23.3. The molecule has 1 saturated heterocycles. The molecule has 0 bridgehead atoms. The maximum absolute atomic E-state index is 11.0. The number of anilines is 1. The molecule has 1 fully saturated rings. The Balaban J connectivity index is 2.39. The summed E-state index contributed by atoms with van der Waals surface area (Å²) in [6.45, 7) is 1.65. The molecular formula is C12H14N2O3. The van der Waals surface area contributed by atoms with Crippen LogP contribution in [-0.2, 0) is 0 Å². The van der Waals surface area contributed by atoms with Gasteiger partial charge in [0.25, 0.3) is 5.69 Å². The summed E-state index contributed by atoms with van der Waals surface area (Å²) in [5.41, 5.74) is 1.13. The van der Waals surface area contributed by atoms with Crippen LogP contribution in [0.3, 0.4) is 0 Å². The summed E-state index contributed by atoms with van der Waals surface area (Å²) >= 11 is 0. The molecule has 1 aliphatic heterocycles. The third kappa shape index (κ3) is 2.43. The van der Waals surface area contributed by atoms with Gasteiger partial charge in [-0.2, -0.15) is 0 Å². The lowest BCUT2D eigenvalue weighted by Crippen LogP contribution is -2.30. The Hall–Kier alpha value is -1.91. The number of carbonyl (C=O) groups excluding carboxylic acids is 1. The van der Waals surface area contributed by atoms with Crippen molar-refractivity contribution >= 4 is 17.7 Å². The van der Waals surface area contributed by atoms with Gasteiger partial charge in [0.1, 0.15) is 12.0 Å². The quantitative estimate of drug-likeness (QED) is 0.457. The number of benzene rings is 1. The highest BCUT2D eigenvalue weighted by Crippen LogP contribution is 2.30. The lowest BCUT2D eigenvalue weighted by Gasteiger charge is -2.28. The van der Waals surface area contributed by atoms with Crippen LogP contribution in [0.25, 0.3) is 0 Å². The zero-order valence-electron chi connectivity index (χ0n) is 9.46. The van der Waals surface area contributed by atoms with Gasteiger partial charge in [-0.1, -0.05) is 0 Å². The topological polar surface area (TPSA) is 63.4 Å². The van der Waals surface area contributed by atoms with Crippen LogP contribution in [0.4, 0.5) is 11.4 Å². The number of carbonyl (C=O) groups is 1. The number of nitro benzene ring substituents is 1. The van der Waals surface area contributed by atoms with Gasteiger partial charge < -0.3 is 4.90 Å². The number of hydrogen-bond donors (Lipinski definition) is 0. The van der Waals surface area contributed by atoms with Crippen molar-refractivity contribution in [2.24, 2.45) is 0 Å². The van der Waals surface area contributed by atoms with E-state index >= 15 is 0 Å². The molecule has 0 N–H and O–H groups in total. The van der Waals surface area contributed by atoms with Crippen molar-refractivity contribution in [3.05, 3.63) is 33.9 Å². The first-order valence-corrected chi connectivity index (χ1v) is 5.71. The van der Waals surface area contributed by atoms with Gasteiger partial charge in [0, 0.05) is 24.7 Å². The van der Waals surface area contributed by atoms with Crippen LogP contribution in [0.1, 0.15) is 29.6 Å². The fraction of sp³-hybridized carbons (Fsp3) is 0.417. The normalized spacial score (nSPS) is 15.6. The third-order valence-corrected chi connectivity index (χ3v) is 3.03. The molecule has 0 aromatic heterocycles. The van der Waals surface area contributed by atoms with Crippen LogP contribution < -0.4 is 4.90 Å². The predicted octanol–water partition coefficient (Wildman–Crippen LogP) is 2.40. The summed E-state index contributed by atoms with van der Waals surface area (Å²) in [5, 5.41) is 11.0. The molecule has 5 nitrogen and oxygen atoms in total. The average Bonchev–Trinajstić information content (AvgIpc) is 2.39. The maximum atomic E-state index is 11.0. The monoisotopic (exact) mass is 234 g/mol. The molecule has 0 amide bonds. The lowest BCUT2D eigenvalue weighted by atomic mass is 10.1. The first-order chi connectivity index (χ1) is 8.22. The van der Waals surface area contributed by atoms with Gasteiger partial charge in [0.2, 0.25) is 0 Å². The lowest BCUT2D eigenvalue weighted by molar-refractivity contribution is -0.384. The summed E-state index contributed by atoms with van der Waals surface area (Å²) < 4.78 is 0. The van der Waals surface area contributed by atoms with E-state index in [4.69, 9.17) is 0 Å². The molecule has 0 atom stereocenters. The van der Waals surface area contributed by atoms with Crippen molar-refractivity contribution in [3.63, 3.8) is 0 Å². The Bertz CT molecular complexity index is 439. The van der Waals surface area contributed by atoms with Gasteiger partial charge in [0.05, 0.1) is 4.92 Å². The van der Waals surface area contributed by atoms with Crippen molar-refractivity contribution in [2.45, 2.75) is 19.3 Å². The zero-order chi connectivity index (χ0) is 12.3. The van der Waals surface area contributed by atoms with E-state index in [0.717, 1.165) is 38.6 Å². The van der Waals surface area contributed by atoms with Crippen molar-refractivity contribution in [3.8, 4) is 0 Å². The minimum atomic E-state index is -0.390. The molecule has 5 heteroatoms. The molecule has 90 valence electrons. The Morgan fingerprint density at radius 3 is 2.53 bits per heavy atom. The SMILES string of the molecule is O=Cc1ccc([N+](=O)[O-])c(N2CCCCC2)c1. The molecule has 1 aliphatic rings. The highest BCUT2D eigenvalue weighted by Gasteiger charge is 2.21. The molecule has 1 heterocycles. The fourth-order valence-electron chi connectivity index (χ4n) is 2.16. The molecule has 0 radical (unpaired) electrons. The average molecular weight is 234 g/mol. The first kappa shape index (κ1) is 11.6. The summed E-state index contributed by atoms with van der Waals surface area (Å²) in [6.07, 6.45) is 3.97. The van der Waals surface area contributed by atoms with E-state index in [0.29, 0.717) is 11.3 Å². The van der Waals surface area contributed by atoms with Gasteiger partial charge in [-0.05, 0) is 31.4 Å². The number of nitro groups is 1. The van der Waals surface area contributed by atoms with E-state index in [2.05, 4.69) is 0 Å². The highest BCUT2D eigenvalue weighted by molar-refractivity contribution is 5.80. The van der Waals surface area contributed by atoms with Crippen molar-refractivity contribution in [2.75, 3.05) is 18.0 Å². The van der Waals surface area contributed by atoms with Gasteiger partial charge in [-0.25, -0.2) is 0 Å². The van der Waals surface area contributed by atoms with Crippen molar-refractivity contribution in [1.29, 1.82) is 0 Å². The minimum absolute atomic E-state index is 0.0810. The highest BCUT2D eigenvalue weighted by atomic mass is 16.6. The predicted molar refractivity (Wildman–Crippen MR) is 64.5 cm³/mol. The van der Waals surface area contributed by atoms with Gasteiger partial charge in [-0.15, -0.1) is 0 Å². The minimum Gasteiger partial charge on any atom is -0.366 e. The molecule has 1 aromatic rings. The number of piperidine rings is 1. The molecule has 17 heavy (non-hydrogen) atoms. The smallest absolute Gasteiger partial charge is 0.292 e. The Labute approximate surface area is 99.2 Å². The number of hydrogen-bond acceptors (Lipinski definition) is 4. The van der Waals surface area contributed by atoms with E-state index in [1.807, 2.05) is 4.90 Å². The molecule has 2 rings (SSSR count). The molecule has 0 saturated carbocycles.